The highest BCUT2D eigenvalue weighted by atomic mass is 35.5. The van der Waals surface area contributed by atoms with Gasteiger partial charge in [-0.2, -0.15) is 4.98 Å². The van der Waals surface area contributed by atoms with Gasteiger partial charge in [-0.1, -0.05) is 11.6 Å². The first-order valence-corrected chi connectivity index (χ1v) is 4.81. The first-order valence-electron chi connectivity index (χ1n) is 2.87. The Hall–Kier alpha value is -0.880. The summed E-state index contributed by atoms with van der Waals surface area (Å²) in [5.74, 6) is -0.550. The average Bonchev–Trinajstić information content (AvgIpc) is 1.99. The average molecular weight is 208 g/mol. The Morgan fingerprint density at radius 2 is 2.17 bits per heavy atom. The van der Waals surface area contributed by atoms with E-state index in [4.69, 9.17) is 22.4 Å². The van der Waals surface area contributed by atoms with Crippen LogP contribution < -0.4 is 5.73 Å². The van der Waals surface area contributed by atoms with E-state index in [-0.39, 0.29) is 21.9 Å². The molecule has 0 radical (unpaired) electrons. The van der Waals surface area contributed by atoms with Crippen LogP contribution in [-0.2, 0) is 10.8 Å². The summed E-state index contributed by atoms with van der Waals surface area (Å²) in [5.41, 5.74) is 5.24. The molecule has 1 heterocycles. The summed E-state index contributed by atoms with van der Waals surface area (Å²) in [6.07, 6.45) is 1.39. The van der Waals surface area contributed by atoms with Crippen LogP contribution in [0.2, 0.25) is 5.15 Å². The SMILES string of the molecule is CS(=O)c1nc(N)c(O)c(Cl)n1. The molecule has 12 heavy (non-hydrogen) atoms. The van der Waals surface area contributed by atoms with E-state index in [1.54, 1.807) is 0 Å². The van der Waals surface area contributed by atoms with Crippen LogP contribution in [0, 0.1) is 0 Å². The standard InChI is InChI=1S/C5H6ClN3O2S/c1-12(11)5-8-3(6)2(10)4(7)9-5/h10H,1H3,(H2,7,8,9). The van der Waals surface area contributed by atoms with Crippen molar-refractivity contribution in [2.45, 2.75) is 5.16 Å². The molecule has 5 nitrogen and oxygen atoms in total. The summed E-state index contributed by atoms with van der Waals surface area (Å²) < 4.78 is 10.9. The number of aromatic nitrogens is 2. The summed E-state index contributed by atoms with van der Waals surface area (Å²) in [6.45, 7) is 0. The second-order valence-electron chi connectivity index (χ2n) is 1.98. The van der Waals surface area contributed by atoms with Crippen molar-refractivity contribution < 1.29 is 9.32 Å². The number of anilines is 1. The fourth-order valence-electron chi connectivity index (χ4n) is 0.552. The lowest BCUT2D eigenvalue weighted by Gasteiger charge is -2.00. The van der Waals surface area contributed by atoms with Crippen LogP contribution in [-0.4, -0.2) is 25.5 Å². The number of hydrogen-bond donors (Lipinski definition) is 2. The largest absolute Gasteiger partial charge is 0.502 e. The number of aromatic hydroxyl groups is 1. The van der Waals surface area contributed by atoms with E-state index in [0.717, 1.165) is 0 Å². The lowest BCUT2D eigenvalue weighted by atomic mass is 10.5. The van der Waals surface area contributed by atoms with E-state index < -0.39 is 10.8 Å². The fourth-order valence-corrected chi connectivity index (χ4v) is 1.23. The van der Waals surface area contributed by atoms with Crippen LogP contribution in [0.5, 0.6) is 5.75 Å². The van der Waals surface area contributed by atoms with E-state index in [9.17, 15) is 4.21 Å². The van der Waals surface area contributed by atoms with E-state index in [2.05, 4.69) is 9.97 Å². The van der Waals surface area contributed by atoms with Crippen molar-refractivity contribution in [1.29, 1.82) is 0 Å². The second-order valence-corrected chi connectivity index (χ2v) is 3.62. The predicted molar refractivity (Wildman–Crippen MR) is 45.5 cm³/mol. The van der Waals surface area contributed by atoms with Crippen molar-refractivity contribution in [2.24, 2.45) is 0 Å². The minimum absolute atomic E-state index is 0.00954. The zero-order valence-corrected chi connectivity index (χ0v) is 7.69. The van der Waals surface area contributed by atoms with Crippen molar-refractivity contribution in [3.05, 3.63) is 5.15 Å². The highest BCUT2D eigenvalue weighted by Crippen LogP contribution is 2.25. The molecule has 66 valence electrons. The Kier molecular flexibility index (Phi) is 2.49. The minimum Gasteiger partial charge on any atom is -0.502 e. The molecule has 0 fully saturated rings. The monoisotopic (exact) mass is 207 g/mol. The van der Waals surface area contributed by atoms with E-state index in [1.807, 2.05) is 0 Å². The third-order valence-electron chi connectivity index (χ3n) is 1.11. The van der Waals surface area contributed by atoms with Crippen LogP contribution in [0.15, 0.2) is 5.16 Å². The molecule has 0 aliphatic heterocycles. The van der Waals surface area contributed by atoms with Crippen LogP contribution >= 0.6 is 11.6 Å². The molecule has 0 aliphatic rings. The Morgan fingerprint density at radius 1 is 1.58 bits per heavy atom. The lowest BCUT2D eigenvalue weighted by Crippen LogP contribution is -2.01. The normalized spacial score (nSPS) is 12.8. The van der Waals surface area contributed by atoms with Gasteiger partial charge >= 0.3 is 0 Å². The summed E-state index contributed by atoms with van der Waals surface area (Å²) >= 11 is 5.45. The van der Waals surface area contributed by atoms with Gasteiger partial charge in [0.1, 0.15) is 0 Å². The molecular weight excluding hydrogens is 202 g/mol. The zero-order valence-electron chi connectivity index (χ0n) is 6.11. The molecule has 0 saturated carbocycles. The topological polar surface area (TPSA) is 89.1 Å². The third-order valence-corrected chi connectivity index (χ3v) is 2.07. The van der Waals surface area contributed by atoms with Crippen LogP contribution in [0.3, 0.4) is 0 Å². The maximum absolute atomic E-state index is 10.9. The third kappa shape index (κ3) is 1.64. The molecular formula is C5H6ClN3O2S. The predicted octanol–water partition coefficient (Wildman–Crippen LogP) is 0.155. The molecule has 3 N–H and O–H groups in total. The van der Waals surface area contributed by atoms with Gasteiger partial charge in [0.25, 0.3) is 0 Å². The zero-order chi connectivity index (χ0) is 9.30. The summed E-state index contributed by atoms with van der Waals surface area (Å²) in [6, 6.07) is 0. The van der Waals surface area contributed by atoms with Gasteiger partial charge in [0, 0.05) is 6.26 Å². The van der Waals surface area contributed by atoms with Crippen LogP contribution in [0.4, 0.5) is 5.82 Å². The maximum atomic E-state index is 10.9. The van der Waals surface area contributed by atoms with Crippen molar-refractivity contribution in [3.8, 4) is 5.75 Å². The smallest absolute Gasteiger partial charge is 0.221 e. The fraction of sp³-hybridized carbons (Fsp3) is 0.200. The molecule has 0 saturated heterocycles. The van der Waals surface area contributed by atoms with Crippen molar-refractivity contribution in [2.75, 3.05) is 12.0 Å². The van der Waals surface area contributed by atoms with Crippen molar-refractivity contribution in [1.82, 2.24) is 9.97 Å². The molecule has 1 aromatic heterocycles. The number of hydrogen-bond acceptors (Lipinski definition) is 5. The Balaban J connectivity index is 3.31. The summed E-state index contributed by atoms with van der Waals surface area (Å²) in [4.78, 5) is 7.12. The first kappa shape index (κ1) is 9.21. The van der Waals surface area contributed by atoms with Gasteiger partial charge in [0.2, 0.25) is 5.16 Å². The van der Waals surface area contributed by atoms with Crippen molar-refractivity contribution >= 4 is 28.2 Å². The Labute approximate surface area is 76.0 Å². The first-order chi connectivity index (χ1) is 5.52. The molecule has 0 aromatic carbocycles. The Morgan fingerprint density at radius 3 is 2.58 bits per heavy atom. The highest BCUT2D eigenvalue weighted by molar-refractivity contribution is 7.84. The van der Waals surface area contributed by atoms with Gasteiger partial charge in [-0.05, 0) is 0 Å². The molecule has 7 heteroatoms. The van der Waals surface area contributed by atoms with Crippen molar-refractivity contribution in [3.63, 3.8) is 0 Å². The van der Waals surface area contributed by atoms with Crippen LogP contribution in [0.1, 0.15) is 0 Å². The molecule has 1 rings (SSSR count). The number of nitrogens with two attached hydrogens (primary N) is 1. The molecule has 1 atom stereocenters. The van der Waals surface area contributed by atoms with Gasteiger partial charge in [-0.15, -0.1) is 0 Å². The molecule has 0 spiro atoms. The quantitative estimate of drug-likeness (QED) is 0.506. The van der Waals surface area contributed by atoms with Gasteiger partial charge in [0.15, 0.2) is 16.7 Å². The van der Waals surface area contributed by atoms with Gasteiger partial charge < -0.3 is 10.8 Å². The van der Waals surface area contributed by atoms with E-state index >= 15 is 0 Å². The number of nitrogens with zero attached hydrogens (tertiary/aromatic N) is 2. The van der Waals surface area contributed by atoms with E-state index in [1.165, 1.54) is 6.26 Å². The molecule has 0 bridgehead atoms. The lowest BCUT2D eigenvalue weighted by molar-refractivity contribution is 0.471. The molecule has 0 amide bonds. The molecule has 1 unspecified atom stereocenters. The van der Waals surface area contributed by atoms with Gasteiger partial charge in [0.05, 0.1) is 10.8 Å². The van der Waals surface area contributed by atoms with Crippen LogP contribution in [0.25, 0.3) is 0 Å². The molecule has 1 aromatic rings. The summed E-state index contributed by atoms with van der Waals surface area (Å²) in [5, 5.41) is 8.85. The minimum atomic E-state index is -1.36. The Bertz CT molecular complexity index is 320. The van der Waals surface area contributed by atoms with Gasteiger partial charge in [-0.3, -0.25) is 4.21 Å². The number of rotatable bonds is 1. The number of halogens is 1. The second kappa shape index (κ2) is 3.24. The van der Waals surface area contributed by atoms with Gasteiger partial charge in [-0.25, -0.2) is 4.98 Å². The molecule has 0 aliphatic carbocycles. The highest BCUT2D eigenvalue weighted by Gasteiger charge is 2.10. The maximum Gasteiger partial charge on any atom is 0.221 e. The number of nitrogen functional groups attached to an aromatic ring is 1. The summed E-state index contributed by atoms with van der Waals surface area (Å²) in [7, 11) is -1.36. The van der Waals surface area contributed by atoms with E-state index in [0.29, 0.717) is 0 Å².